The largest absolute Gasteiger partial charge is 0.395 e. The van der Waals surface area contributed by atoms with Crippen LogP contribution in [-0.2, 0) is 6.54 Å². The lowest BCUT2D eigenvalue weighted by Gasteiger charge is -2.22. The van der Waals surface area contributed by atoms with Crippen LogP contribution < -0.4 is 4.90 Å². The van der Waals surface area contributed by atoms with Gasteiger partial charge in [-0.2, -0.15) is 0 Å². The summed E-state index contributed by atoms with van der Waals surface area (Å²) in [6, 6.07) is 14.4. The predicted molar refractivity (Wildman–Crippen MR) is 68.9 cm³/mol. The maximum Gasteiger partial charge on any atom is 0.0912 e. The third-order valence-electron chi connectivity index (χ3n) is 2.40. The van der Waals surface area contributed by atoms with Crippen LogP contribution in [0.15, 0.2) is 47.8 Å². The first-order chi connectivity index (χ1) is 7.90. The van der Waals surface area contributed by atoms with Gasteiger partial charge in [-0.05, 0) is 23.1 Å². The zero-order valence-corrected chi connectivity index (χ0v) is 9.86. The Morgan fingerprint density at radius 2 is 1.88 bits per heavy atom. The van der Waals surface area contributed by atoms with Gasteiger partial charge in [0.1, 0.15) is 0 Å². The fourth-order valence-electron chi connectivity index (χ4n) is 1.64. The Hall–Kier alpha value is -1.32. The molecule has 0 saturated heterocycles. The highest BCUT2D eigenvalue weighted by Gasteiger charge is 2.07. The third kappa shape index (κ3) is 2.84. The van der Waals surface area contributed by atoms with Crippen LogP contribution in [0.5, 0.6) is 0 Å². The van der Waals surface area contributed by atoms with Gasteiger partial charge in [0, 0.05) is 13.1 Å². The molecule has 1 heterocycles. The predicted octanol–water partition coefficient (Wildman–Crippen LogP) is 2.75. The van der Waals surface area contributed by atoms with Crippen molar-refractivity contribution < 1.29 is 5.11 Å². The molecular formula is C13H15NOS. The number of thiophene rings is 1. The van der Waals surface area contributed by atoms with Crippen molar-refractivity contribution in [2.45, 2.75) is 6.54 Å². The van der Waals surface area contributed by atoms with E-state index in [1.165, 1.54) is 10.6 Å². The summed E-state index contributed by atoms with van der Waals surface area (Å²) >= 11 is 1.71. The second-order valence-corrected chi connectivity index (χ2v) is 4.51. The van der Waals surface area contributed by atoms with E-state index in [0.29, 0.717) is 6.54 Å². The van der Waals surface area contributed by atoms with Crippen LogP contribution in [0.3, 0.4) is 0 Å². The molecule has 1 N–H and O–H groups in total. The summed E-state index contributed by atoms with van der Waals surface area (Å²) in [5.41, 5.74) is 1.27. The second kappa shape index (κ2) is 5.68. The maximum absolute atomic E-state index is 9.08. The molecule has 2 nitrogen and oxygen atoms in total. The Bertz CT molecular complexity index is 399. The molecule has 0 unspecified atom stereocenters. The molecule has 2 aromatic rings. The molecule has 2 rings (SSSR count). The number of rotatable bonds is 5. The number of hydrogen-bond donors (Lipinski definition) is 1. The highest BCUT2D eigenvalue weighted by molar-refractivity contribution is 7.14. The van der Waals surface area contributed by atoms with Crippen LogP contribution in [0.4, 0.5) is 5.00 Å². The van der Waals surface area contributed by atoms with E-state index in [9.17, 15) is 0 Å². The molecule has 3 heteroatoms. The number of aliphatic hydroxyl groups is 1. The van der Waals surface area contributed by atoms with Crippen molar-refractivity contribution in [1.82, 2.24) is 0 Å². The van der Waals surface area contributed by atoms with Crippen LogP contribution >= 0.6 is 11.3 Å². The van der Waals surface area contributed by atoms with Gasteiger partial charge in [0.2, 0.25) is 0 Å². The number of nitrogens with zero attached hydrogens (tertiary/aromatic N) is 1. The van der Waals surface area contributed by atoms with Crippen LogP contribution in [-0.4, -0.2) is 18.3 Å². The minimum atomic E-state index is 0.185. The Morgan fingerprint density at radius 3 is 2.50 bits per heavy atom. The summed E-state index contributed by atoms with van der Waals surface area (Å²) in [6.07, 6.45) is 0. The van der Waals surface area contributed by atoms with Gasteiger partial charge in [0.25, 0.3) is 0 Å². The zero-order chi connectivity index (χ0) is 11.2. The SMILES string of the molecule is OCCN(Cc1ccccc1)c1cccs1. The van der Waals surface area contributed by atoms with Gasteiger partial charge >= 0.3 is 0 Å². The van der Waals surface area contributed by atoms with E-state index in [4.69, 9.17) is 5.11 Å². The summed E-state index contributed by atoms with van der Waals surface area (Å²) in [4.78, 5) is 2.19. The smallest absolute Gasteiger partial charge is 0.0912 e. The molecule has 1 aromatic carbocycles. The van der Waals surface area contributed by atoms with Crippen molar-refractivity contribution in [3.05, 3.63) is 53.4 Å². The average Bonchev–Trinajstić information content (AvgIpc) is 2.83. The van der Waals surface area contributed by atoms with Gasteiger partial charge in [0.15, 0.2) is 0 Å². The van der Waals surface area contributed by atoms with E-state index in [2.05, 4.69) is 28.5 Å². The molecule has 1 aromatic heterocycles. The average molecular weight is 233 g/mol. The van der Waals surface area contributed by atoms with Gasteiger partial charge in [0.05, 0.1) is 11.6 Å². The van der Waals surface area contributed by atoms with E-state index in [0.717, 1.165) is 6.54 Å². The standard InChI is InChI=1S/C13H15NOS/c15-9-8-14(13-7-4-10-16-13)11-12-5-2-1-3-6-12/h1-7,10,15H,8-9,11H2. The fraction of sp³-hybridized carbons (Fsp3) is 0.231. The summed E-state index contributed by atoms with van der Waals surface area (Å²) in [6.45, 7) is 1.71. The molecular weight excluding hydrogens is 218 g/mol. The number of hydrogen-bond acceptors (Lipinski definition) is 3. The Kier molecular flexibility index (Phi) is 3.97. The van der Waals surface area contributed by atoms with Crippen LogP contribution in [0.25, 0.3) is 0 Å². The van der Waals surface area contributed by atoms with Crippen molar-refractivity contribution in [3.63, 3.8) is 0 Å². The fourth-order valence-corrected chi connectivity index (χ4v) is 2.40. The zero-order valence-electron chi connectivity index (χ0n) is 9.04. The second-order valence-electron chi connectivity index (χ2n) is 3.58. The summed E-state index contributed by atoms with van der Waals surface area (Å²) in [5.74, 6) is 0. The molecule has 0 saturated carbocycles. The van der Waals surface area contributed by atoms with E-state index >= 15 is 0 Å². The highest BCUT2D eigenvalue weighted by atomic mass is 32.1. The summed E-state index contributed by atoms with van der Waals surface area (Å²) < 4.78 is 0. The van der Waals surface area contributed by atoms with E-state index in [1.807, 2.05) is 24.3 Å². The molecule has 0 amide bonds. The summed E-state index contributed by atoms with van der Waals surface area (Å²) in [7, 11) is 0. The monoisotopic (exact) mass is 233 g/mol. The van der Waals surface area contributed by atoms with Crippen molar-refractivity contribution in [3.8, 4) is 0 Å². The molecule has 16 heavy (non-hydrogen) atoms. The number of benzene rings is 1. The number of anilines is 1. The molecule has 0 aliphatic rings. The van der Waals surface area contributed by atoms with Gasteiger partial charge in [-0.1, -0.05) is 30.3 Å². The Morgan fingerprint density at radius 1 is 1.06 bits per heavy atom. The van der Waals surface area contributed by atoms with Crippen molar-refractivity contribution in [2.75, 3.05) is 18.1 Å². The topological polar surface area (TPSA) is 23.5 Å². The minimum Gasteiger partial charge on any atom is -0.395 e. The first kappa shape index (κ1) is 11.2. The highest BCUT2D eigenvalue weighted by Crippen LogP contribution is 2.22. The van der Waals surface area contributed by atoms with Crippen molar-refractivity contribution >= 4 is 16.3 Å². The summed E-state index contributed by atoms with van der Waals surface area (Å²) in [5, 5.41) is 12.3. The lowest BCUT2D eigenvalue weighted by Crippen LogP contribution is -2.25. The lowest BCUT2D eigenvalue weighted by molar-refractivity contribution is 0.301. The van der Waals surface area contributed by atoms with Crippen molar-refractivity contribution in [1.29, 1.82) is 0 Å². The van der Waals surface area contributed by atoms with Gasteiger partial charge in [-0.15, -0.1) is 11.3 Å². The third-order valence-corrected chi connectivity index (χ3v) is 3.33. The Balaban J connectivity index is 2.09. The van der Waals surface area contributed by atoms with E-state index in [1.54, 1.807) is 11.3 Å². The molecule has 0 aliphatic carbocycles. The maximum atomic E-state index is 9.08. The van der Waals surface area contributed by atoms with Crippen LogP contribution in [0, 0.1) is 0 Å². The quantitative estimate of drug-likeness (QED) is 0.858. The normalized spacial score (nSPS) is 10.3. The van der Waals surface area contributed by atoms with Gasteiger partial charge < -0.3 is 10.0 Å². The number of aliphatic hydroxyl groups excluding tert-OH is 1. The molecule has 0 radical (unpaired) electrons. The molecule has 0 aliphatic heterocycles. The molecule has 0 bridgehead atoms. The van der Waals surface area contributed by atoms with Crippen LogP contribution in [0.2, 0.25) is 0 Å². The molecule has 0 fully saturated rings. The first-order valence-electron chi connectivity index (χ1n) is 5.33. The first-order valence-corrected chi connectivity index (χ1v) is 6.21. The molecule has 84 valence electrons. The van der Waals surface area contributed by atoms with Gasteiger partial charge in [-0.3, -0.25) is 0 Å². The van der Waals surface area contributed by atoms with Gasteiger partial charge in [-0.25, -0.2) is 0 Å². The lowest BCUT2D eigenvalue weighted by atomic mass is 10.2. The molecule has 0 atom stereocenters. The van der Waals surface area contributed by atoms with E-state index < -0.39 is 0 Å². The van der Waals surface area contributed by atoms with Crippen LogP contribution in [0.1, 0.15) is 5.56 Å². The Labute approximate surface area is 99.8 Å². The minimum absolute atomic E-state index is 0.185. The van der Waals surface area contributed by atoms with E-state index in [-0.39, 0.29) is 6.61 Å². The molecule has 0 spiro atoms. The van der Waals surface area contributed by atoms with Crippen molar-refractivity contribution in [2.24, 2.45) is 0 Å².